The summed E-state index contributed by atoms with van der Waals surface area (Å²) >= 11 is 0. The maximum absolute atomic E-state index is 12.0. The van der Waals surface area contributed by atoms with Gasteiger partial charge >= 0.3 is 5.97 Å². The van der Waals surface area contributed by atoms with Crippen molar-refractivity contribution in [2.45, 2.75) is 39.2 Å². The lowest BCUT2D eigenvalue weighted by Crippen LogP contribution is -2.31. The number of ether oxygens (including phenoxy) is 1. The summed E-state index contributed by atoms with van der Waals surface area (Å²) in [6.07, 6.45) is 2.03. The number of aryl methyl sites for hydroxylation is 1. The van der Waals surface area contributed by atoms with Crippen molar-refractivity contribution in [2.24, 2.45) is 7.05 Å². The summed E-state index contributed by atoms with van der Waals surface area (Å²) in [6, 6.07) is 13.7. The minimum atomic E-state index is -0.273. The molecule has 4 heteroatoms. The van der Waals surface area contributed by atoms with Crippen molar-refractivity contribution in [3.05, 3.63) is 65.0 Å². The molecular weight excluding hydrogens is 300 g/mol. The quantitative estimate of drug-likeness (QED) is 0.642. The van der Waals surface area contributed by atoms with Crippen molar-refractivity contribution >= 4 is 5.97 Å². The number of rotatable bonds is 4. The molecule has 0 N–H and O–H groups in total. The van der Waals surface area contributed by atoms with Gasteiger partial charge in [0.1, 0.15) is 13.7 Å². The van der Waals surface area contributed by atoms with Crippen LogP contribution >= 0.6 is 0 Å². The van der Waals surface area contributed by atoms with Crippen LogP contribution in [0.25, 0.3) is 0 Å². The molecule has 4 nitrogen and oxygen atoms in total. The highest BCUT2D eigenvalue weighted by Crippen LogP contribution is 2.22. The number of hydrogen-bond acceptors (Lipinski definition) is 3. The third kappa shape index (κ3) is 4.66. The summed E-state index contributed by atoms with van der Waals surface area (Å²) in [5.74, 6) is -0.273. The molecule has 0 saturated heterocycles. The predicted octanol–water partition coefficient (Wildman–Crippen LogP) is 2.97. The van der Waals surface area contributed by atoms with Gasteiger partial charge in [0.25, 0.3) is 5.69 Å². The van der Waals surface area contributed by atoms with E-state index in [9.17, 15) is 4.79 Å². The first-order valence-electron chi connectivity index (χ1n) is 7.93. The van der Waals surface area contributed by atoms with Crippen molar-refractivity contribution in [2.75, 3.05) is 0 Å². The molecule has 0 amide bonds. The van der Waals surface area contributed by atoms with E-state index >= 15 is 0 Å². The zero-order valence-corrected chi connectivity index (χ0v) is 14.7. The second kappa shape index (κ2) is 7.27. The van der Waals surface area contributed by atoms with Gasteiger partial charge in [-0.3, -0.25) is 4.79 Å². The van der Waals surface area contributed by atoms with Gasteiger partial charge in [0.05, 0.1) is 6.42 Å². The molecule has 0 aliphatic heterocycles. The van der Waals surface area contributed by atoms with Gasteiger partial charge < -0.3 is 4.74 Å². The second-order valence-corrected chi connectivity index (χ2v) is 6.93. The number of nitrogens with zero attached hydrogens (tertiary/aromatic N) is 2. The van der Waals surface area contributed by atoms with Crippen LogP contribution in [0.5, 0.6) is 0 Å². The number of esters is 1. The number of carbonyl (C=O) groups excluding carboxylic acids is 1. The molecule has 1 aromatic heterocycles. The molecule has 0 spiro atoms. The summed E-state index contributed by atoms with van der Waals surface area (Å²) in [5.41, 5.74) is 3.61. The number of carbonyl (C=O) groups is 1. The molecule has 24 heavy (non-hydrogen) atoms. The zero-order chi connectivity index (χ0) is 17.7. The van der Waals surface area contributed by atoms with E-state index < -0.39 is 0 Å². The Kier molecular flexibility index (Phi) is 5.35. The normalized spacial score (nSPS) is 11.0. The van der Waals surface area contributed by atoms with E-state index in [0.717, 1.165) is 11.1 Å². The molecule has 0 fully saturated rings. The highest BCUT2D eigenvalue weighted by molar-refractivity contribution is 5.72. The Morgan fingerprint density at radius 1 is 1.17 bits per heavy atom. The molecule has 124 valence electrons. The van der Waals surface area contributed by atoms with Crippen LogP contribution in [-0.4, -0.2) is 5.97 Å². The minimum absolute atomic E-state index is 0.0982. The Morgan fingerprint density at radius 3 is 2.42 bits per heavy atom. The molecule has 0 aliphatic carbocycles. The lowest BCUT2D eigenvalue weighted by atomic mass is 9.86. The van der Waals surface area contributed by atoms with Gasteiger partial charge in [0.2, 0.25) is 0 Å². The fourth-order valence-corrected chi connectivity index (χ4v) is 2.32. The molecule has 1 aromatic carbocycles. The van der Waals surface area contributed by atoms with Gasteiger partial charge in [-0.25, -0.2) is 0 Å². The van der Waals surface area contributed by atoms with Gasteiger partial charge in [-0.15, -0.1) is 0 Å². The van der Waals surface area contributed by atoms with Crippen LogP contribution in [-0.2, 0) is 35.0 Å². The predicted molar refractivity (Wildman–Crippen MR) is 91.0 cm³/mol. The lowest BCUT2D eigenvalue weighted by molar-refractivity contribution is -0.674. The van der Waals surface area contributed by atoms with E-state index in [0.29, 0.717) is 5.69 Å². The van der Waals surface area contributed by atoms with Gasteiger partial charge in [0, 0.05) is 17.7 Å². The van der Waals surface area contributed by atoms with Crippen LogP contribution in [0.4, 0.5) is 0 Å². The van der Waals surface area contributed by atoms with Crippen molar-refractivity contribution in [3.63, 3.8) is 0 Å². The monoisotopic (exact) mass is 323 g/mol. The van der Waals surface area contributed by atoms with Crippen molar-refractivity contribution in [1.82, 2.24) is 0 Å². The number of pyridine rings is 1. The van der Waals surface area contributed by atoms with E-state index in [2.05, 4.69) is 39.0 Å². The van der Waals surface area contributed by atoms with E-state index in [4.69, 9.17) is 10.00 Å². The Labute approximate surface area is 143 Å². The molecule has 0 atom stereocenters. The molecule has 0 unspecified atom stereocenters. The maximum atomic E-state index is 12.0. The Morgan fingerprint density at radius 2 is 1.83 bits per heavy atom. The minimum Gasteiger partial charge on any atom is -0.461 e. The van der Waals surface area contributed by atoms with Crippen LogP contribution in [0.15, 0.2) is 42.6 Å². The number of hydrogen-bond donors (Lipinski definition) is 0. The Hall–Kier alpha value is -2.67. The number of benzene rings is 1. The topological polar surface area (TPSA) is 54.0 Å². The first-order chi connectivity index (χ1) is 11.3. The SMILES string of the molecule is C[n+]1ccc(COC(=O)Cc2ccc(C(C)(C)C)cc2)cc1C#N. The van der Waals surface area contributed by atoms with Gasteiger partial charge in [-0.05, 0) is 16.5 Å². The molecule has 0 aliphatic rings. The first-order valence-corrected chi connectivity index (χ1v) is 7.93. The largest absolute Gasteiger partial charge is 0.461 e. The number of nitriles is 1. The zero-order valence-electron chi connectivity index (χ0n) is 14.7. The lowest BCUT2D eigenvalue weighted by Gasteiger charge is -2.19. The Bertz CT molecular complexity index is 766. The molecule has 0 bridgehead atoms. The molecule has 0 saturated carbocycles. The maximum Gasteiger partial charge on any atom is 0.310 e. The van der Waals surface area contributed by atoms with E-state index in [1.54, 1.807) is 23.9 Å². The summed E-state index contributed by atoms with van der Waals surface area (Å²) in [4.78, 5) is 12.0. The molecule has 2 aromatic rings. The van der Waals surface area contributed by atoms with E-state index in [-0.39, 0.29) is 24.4 Å². The summed E-state index contributed by atoms with van der Waals surface area (Å²) in [6.45, 7) is 6.65. The fraction of sp³-hybridized carbons (Fsp3) is 0.350. The van der Waals surface area contributed by atoms with Crippen LogP contribution < -0.4 is 4.57 Å². The van der Waals surface area contributed by atoms with Gasteiger partial charge in [-0.2, -0.15) is 9.83 Å². The number of aromatic nitrogens is 1. The molecule has 0 radical (unpaired) electrons. The van der Waals surface area contributed by atoms with Crippen molar-refractivity contribution < 1.29 is 14.1 Å². The van der Waals surface area contributed by atoms with Crippen molar-refractivity contribution in [1.29, 1.82) is 5.26 Å². The highest BCUT2D eigenvalue weighted by Gasteiger charge is 2.14. The highest BCUT2D eigenvalue weighted by atomic mass is 16.5. The van der Waals surface area contributed by atoms with E-state index in [1.807, 2.05) is 18.2 Å². The van der Waals surface area contributed by atoms with Gasteiger partial charge in [-0.1, -0.05) is 45.0 Å². The first kappa shape index (κ1) is 17.7. The third-order valence-corrected chi connectivity index (χ3v) is 3.90. The van der Waals surface area contributed by atoms with E-state index in [1.165, 1.54) is 5.56 Å². The Balaban J connectivity index is 1.93. The summed E-state index contributed by atoms with van der Waals surface area (Å²) in [5, 5.41) is 9.02. The molecular formula is C20H23N2O2+. The van der Waals surface area contributed by atoms with Crippen LogP contribution in [0, 0.1) is 11.3 Å². The van der Waals surface area contributed by atoms with Crippen LogP contribution in [0.3, 0.4) is 0 Å². The average molecular weight is 323 g/mol. The van der Waals surface area contributed by atoms with Crippen LogP contribution in [0.1, 0.15) is 43.2 Å². The second-order valence-electron chi connectivity index (χ2n) is 6.93. The molecule has 1 heterocycles. The van der Waals surface area contributed by atoms with Gasteiger partial charge in [0.15, 0.2) is 12.3 Å². The summed E-state index contributed by atoms with van der Waals surface area (Å²) < 4.78 is 7.04. The summed E-state index contributed by atoms with van der Waals surface area (Å²) in [7, 11) is 1.80. The third-order valence-electron chi connectivity index (χ3n) is 3.90. The smallest absolute Gasteiger partial charge is 0.310 e. The molecule has 2 rings (SSSR count). The van der Waals surface area contributed by atoms with Crippen LogP contribution in [0.2, 0.25) is 0 Å². The average Bonchev–Trinajstić information content (AvgIpc) is 2.53. The fourth-order valence-electron chi connectivity index (χ4n) is 2.32. The van der Waals surface area contributed by atoms with Crippen molar-refractivity contribution in [3.8, 4) is 6.07 Å². The standard InChI is InChI=1S/C20H23N2O2/c1-20(2,3)17-7-5-15(6-8-17)12-19(23)24-14-16-9-10-22(4)18(11-16)13-21/h5-11H,12,14H2,1-4H3/q+1.